The van der Waals surface area contributed by atoms with Crippen LogP contribution in [0.3, 0.4) is 0 Å². The van der Waals surface area contributed by atoms with Crippen molar-refractivity contribution in [3.05, 3.63) is 40.8 Å². The van der Waals surface area contributed by atoms with E-state index in [4.69, 9.17) is 0 Å². The first-order chi connectivity index (χ1) is 10.7. The van der Waals surface area contributed by atoms with E-state index in [1.54, 1.807) is 34.3 Å². The lowest BCUT2D eigenvalue weighted by Gasteiger charge is -2.31. The van der Waals surface area contributed by atoms with Crippen molar-refractivity contribution < 1.29 is 0 Å². The number of aryl methyl sites for hydroxylation is 1. The van der Waals surface area contributed by atoms with E-state index in [2.05, 4.69) is 20.1 Å². The summed E-state index contributed by atoms with van der Waals surface area (Å²) in [5.41, 5.74) is 0.800. The molecular formula is C15H22N6O. The maximum absolute atomic E-state index is 12.0. The molecule has 0 unspecified atom stereocenters. The van der Waals surface area contributed by atoms with Gasteiger partial charge in [0.25, 0.3) is 5.56 Å². The predicted octanol–water partition coefficient (Wildman–Crippen LogP) is 0.555. The minimum absolute atomic E-state index is 0.0854. The largest absolute Gasteiger partial charge is 0.301 e. The van der Waals surface area contributed by atoms with E-state index in [0.29, 0.717) is 11.5 Å². The third-order valence-electron chi connectivity index (χ3n) is 4.32. The van der Waals surface area contributed by atoms with Crippen molar-refractivity contribution in [2.45, 2.75) is 32.9 Å². The summed E-state index contributed by atoms with van der Waals surface area (Å²) in [5.74, 6) is 0.556. The van der Waals surface area contributed by atoms with Gasteiger partial charge in [0.1, 0.15) is 0 Å². The molecule has 1 fully saturated rings. The first-order valence-corrected chi connectivity index (χ1v) is 7.80. The zero-order valence-electron chi connectivity index (χ0n) is 12.9. The van der Waals surface area contributed by atoms with Crippen LogP contribution in [-0.4, -0.2) is 49.1 Å². The fourth-order valence-electron chi connectivity index (χ4n) is 2.95. The lowest BCUT2D eigenvalue weighted by Crippen LogP contribution is -2.38. The van der Waals surface area contributed by atoms with Crippen LogP contribution in [0.25, 0.3) is 0 Å². The molecular weight excluding hydrogens is 280 g/mol. The van der Waals surface area contributed by atoms with Crippen LogP contribution < -0.4 is 5.56 Å². The number of rotatable bonds is 5. The standard InChI is InChI=1S/C15H22N6O/c1-13-10-16-12-20(15(13)22)11-14-2-6-19(7-3-14)8-9-21-17-4-5-18-21/h4-5,10,12,14H,2-3,6-9,11H2,1H3. The molecule has 0 amide bonds. The molecule has 3 heterocycles. The average molecular weight is 302 g/mol. The number of aromatic nitrogens is 5. The Balaban J connectivity index is 1.47. The second-order valence-corrected chi connectivity index (χ2v) is 5.94. The van der Waals surface area contributed by atoms with E-state index in [1.165, 1.54) is 0 Å². The molecule has 0 bridgehead atoms. The van der Waals surface area contributed by atoms with Crippen LogP contribution in [0.2, 0.25) is 0 Å². The first-order valence-electron chi connectivity index (χ1n) is 7.80. The maximum atomic E-state index is 12.0. The molecule has 0 aliphatic carbocycles. The van der Waals surface area contributed by atoms with Gasteiger partial charge < -0.3 is 4.90 Å². The second kappa shape index (κ2) is 6.83. The molecule has 0 N–H and O–H groups in total. The zero-order valence-corrected chi connectivity index (χ0v) is 12.9. The summed E-state index contributed by atoms with van der Waals surface area (Å²) in [6.07, 6.45) is 8.94. The smallest absolute Gasteiger partial charge is 0.256 e. The Morgan fingerprint density at radius 1 is 1.18 bits per heavy atom. The van der Waals surface area contributed by atoms with Gasteiger partial charge in [-0.15, -0.1) is 0 Å². The SMILES string of the molecule is Cc1cncn(CC2CCN(CCn3nccn3)CC2)c1=O. The Kier molecular flexibility index (Phi) is 4.62. The predicted molar refractivity (Wildman–Crippen MR) is 82.4 cm³/mol. The molecule has 0 saturated carbocycles. The van der Waals surface area contributed by atoms with Gasteiger partial charge in [0.05, 0.1) is 25.3 Å². The van der Waals surface area contributed by atoms with Crippen LogP contribution in [0.15, 0.2) is 29.7 Å². The minimum atomic E-state index is 0.0854. The van der Waals surface area contributed by atoms with Crippen molar-refractivity contribution in [2.24, 2.45) is 5.92 Å². The van der Waals surface area contributed by atoms with Gasteiger partial charge in [-0.1, -0.05) is 0 Å². The molecule has 118 valence electrons. The van der Waals surface area contributed by atoms with Crippen molar-refractivity contribution in [1.29, 1.82) is 0 Å². The topological polar surface area (TPSA) is 68.8 Å². The van der Waals surface area contributed by atoms with Crippen LogP contribution in [0.5, 0.6) is 0 Å². The highest BCUT2D eigenvalue weighted by atomic mass is 16.1. The van der Waals surface area contributed by atoms with Crippen LogP contribution in [0, 0.1) is 12.8 Å². The van der Waals surface area contributed by atoms with E-state index >= 15 is 0 Å². The molecule has 1 aliphatic rings. The van der Waals surface area contributed by atoms with Crippen molar-refractivity contribution in [2.75, 3.05) is 19.6 Å². The van der Waals surface area contributed by atoms with Gasteiger partial charge in [-0.05, 0) is 38.8 Å². The van der Waals surface area contributed by atoms with Crippen molar-refractivity contribution in [1.82, 2.24) is 29.4 Å². The number of likely N-dealkylation sites (tertiary alicyclic amines) is 1. The van der Waals surface area contributed by atoms with Crippen molar-refractivity contribution >= 4 is 0 Å². The molecule has 2 aromatic rings. The fraction of sp³-hybridized carbons (Fsp3) is 0.600. The average Bonchev–Trinajstić information content (AvgIpc) is 3.05. The summed E-state index contributed by atoms with van der Waals surface area (Å²) in [7, 11) is 0. The normalized spacial score (nSPS) is 17.0. The Hall–Kier alpha value is -2.02. The first kappa shape index (κ1) is 14.9. The molecule has 0 radical (unpaired) electrons. The summed E-state index contributed by atoms with van der Waals surface area (Å²) < 4.78 is 1.75. The monoisotopic (exact) mass is 302 g/mol. The third-order valence-corrected chi connectivity index (χ3v) is 4.32. The Bertz CT molecular complexity index is 642. The summed E-state index contributed by atoms with van der Waals surface area (Å²) in [4.78, 5) is 20.3. The summed E-state index contributed by atoms with van der Waals surface area (Å²) in [6.45, 7) is 6.55. The van der Waals surface area contributed by atoms with E-state index < -0.39 is 0 Å². The lowest BCUT2D eigenvalue weighted by atomic mass is 9.96. The molecule has 22 heavy (non-hydrogen) atoms. The van der Waals surface area contributed by atoms with E-state index in [9.17, 15) is 4.79 Å². The fourth-order valence-corrected chi connectivity index (χ4v) is 2.95. The third kappa shape index (κ3) is 3.59. The van der Waals surface area contributed by atoms with E-state index in [0.717, 1.165) is 45.6 Å². The second-order valence-electron chi connectivity index (χ2n) is 5.94. The molecule has 2 aromatic heterocycles. The quantitative estimate of drug-likeness (QED) is 0.807. The van der Waals surface area contributed by atoms with Crippen LogP contribution >= 0.6 is 0 Å². The number of hydrogen-bond acceptors (Lipinski definition) is 5. The van der Waals surface area contributed by atoms with Crippen molar-refractivity contribution in [3.63, 3.8) is 0 Å². The molecule has 0 spiro atoms. The molecule has 0 atom stereocenters. The Labute approximate surface area is 129 Å². The lowest BCUT2D eigenvalue weighted by molar-refractivity contribution is 0.164. The maximum Gasteiger partial charge on any atom is 0.256 e. The molecule has 0 aromatic carbocycles. The van der Waals surface area contributed by atoms with E-state index in [-0.39, 0.29) is 5.56 Å². The molecule has 1 aliphatic heterocycles. The molecule has 7 nitrogen and oxygen atoms in total. The number of nitrogens with zero attached hydrogens (tertiary/aromatic N) is 6. The van der Waals surface area contributed by atoms with Crippen LogP contribution in [0.4, 0.5) is 0 Å². The van der Waals surface area contributed by atoms with Crippen molar-refractivity contribution in [3.8, 4) is 0 Å². The zero-order chi connectivity index (χ0) is 15.4. The van der Waals surface area contributed by atoms with E-state index in [1.807, 2.05) is 6.92 Å². The molecule has 7 heteroatoms. The minimum Gasteiger partial charge on any atom is -0.301 e. The van der Waals surface area contributed by atoms with Crippen LogP contribution in [0.1, 0.15) is 18.4 Å². The summed E-state index contributed by atoms with van der Waals surface area (Å²) in [5, 5.41) is 8.25. The van der Waals surface area contributed by atoms with Gasteiger partial charge in [-0.2, -0.15) is 15.0 Å². The Morgan fingerprint density at radius 2 is 1.91 bits per heavy atom. The number of hydrogen-bond donors (Lipinski definition) is 0. The highest BCUT2D eigenvalue weighted by Crippen LogP contribution is 2.18. The highest BCUT2D eigenvalue weighted by molar-refractivity contribution is 5.00. The van der Waals surface area contributed by atoms with Gasteiger partial charge in [-0.25, -0.2) is 4.98 Å². The molecule has 3 rings (SSSR count). The highest BCUT2D eigenvalue weighted by Gasteiger charge is 2.20. The van der Waals surface area contributed by atoms with Gasteiger partial charge in [-0.3, -0.25) is 9.36 Å². The van der Waals surface area contributed by atoms with Gasteiger partial charge >= 0.3 is 0 Å². The van der Waals surface area contributed by atoms with Crippen LogP contribution in [-0.2, 0) is 13.1 Å². The molecule has 1 saturated heterocycles. The summed E-state index contributed by atoms with van der Waals surface area (Å²) >= 11 is 0. The van der Waals surface area contributed by atoms with Gasteiger partial charge in [0.2, 0.25) is 0 Å². The van der Waals surface area contributed by atoms with Gasteiger partial charge in [0.15, 0.2) is 0 Å². The summed E-state index contributed by atoms with van der Waals surface area (Å²) in [6, 6.07) is 0. The van der Waals surface area contributed by atoms with Gasteiger partial charge in [0, 0.05) is 24.8 Å². The Morgan fingerprint density at radius 3 is 2.64 bits per heavy atom. The number of piperidine rings is 1.